The van der Waals surface area contributed by atoms with Crippen molar-refractivity contribution in [3.05, 3.63) is 95.8 Å². The van der Waals surface area contributed by atoms with E-state index >= 15 is 8.78 Å². The Balaban J connectivity index is 1.31. The van der Waals surface area contributed by atoms with Crippen molar-refractivity contribution in [2.24, 2.45) is 17.8 Å². The fourth-order valence-corrected chi connectivity index (χ4v) is 6.43. The highest BCUT2D eigenvalue weighted by Crippen LogP contribution is 2.43. The van der Waals surface area contributed by atoms with Crippen LogP contribution in [-0.4, -0.2) is 0 Å². The lowest BCUT2D eigenvalue weighted by molar-refractivity contribution is 0.192. The second kappa shape index (κ2) is 12.4. The summed E-state index contributed by atoms with van der Waals surface area (Å²) in [5, 5.41) is 0. The summed E-state index contributed by atoms with van der Waals surface area (Å²) < 4.78 is 64.8. The number of ether oxygens (including phenoxy) is 1. The van der Waals surface area contributed by atoms with Gasteiger partial charge in [-0.2, -0.15) is 4.39 Å². The molecule has 0 aromatic heterocycles. The molecule has 210 valence electrons. The minimum absolute atomic E-state index is 0.0554. The van der Waals surface area contributed by atoms with Crippen LogP contribution in [0.3, 0.4) is 0 Å². The predicted molar refractivity (Wildman–Crippen MR) is 154 cm³/mol. The lowest BCUT2D eigenvalue weighted by Gasteiger charge is -2.35. The fraction of sp³-hybridized carbons (Fsp3) is 0.371. The maximum atomic E-state index is 15.3. The standard InChI is InChI=1S/C35H36F4O/c1-3-21-40-31-20-19-30(34(38)35(31)39)27-15-13-26(14-16-27)29-18-17-28(32(36)33(29)37)25-11-9-24(10-12-25)23-7-5-22(4-2)6-8-23/h3,11,13-24H,4-10,12H2,1-2H3. The van der Waals surface area contributed by atoms with E-state index in [-0.39, 0.29) is 16.9 Å². The summed E-state index contributed by atoms with van der Waals surface area (Å²) in [4.78, 5) is 0. The van der Waals surface area contributed by atoms with Crippen molar-refractivity contribution in [2.45, 2.75) is 65.2 Å². The SMILES string of the molecule is CC=COc1ccc(-c2ccc(-c3ccc(C4=CCC(C5CCC(CC)CC5)CC4)c(F)c3F)cc2)c(F)c1F. The van der Waals surface area contributed by atoms with Gasteiger partial charge in [0.05, 0.1) is 6.26 Å². The lowest BCUT2D eigenvalue weighted by Crippen LogP contribution is -2.23. The number of halogens is 4. The first-order valence-electron chi connectivity index (χ1n) is 14.4. The highest BCUT2D eigenvalue weighted by Gasteiger charge is 2.29. The molecule has 1 nitrogen and oxygen atoms in total. The van der Waals surface area contributed by atoms with Crippen LogP contribution in [0.4, 0.5) is 17.6 Å². The highest BCUT2D eigenvalue weighted by molar-refractivity contribution is 5.74. The molecule has 5 heteroatoms. The van der Waals surface area contributed by atoms with Crippen LogP contribution in [0.25, 0.3) is 27.8 Å². The van der Waals surface area contributed by atoms with E-state index in [0.29, 0.717) is 22.6 Å². The molecular formula is C35H36F4O. The topological polar surface area (TPSA) is 9.23 Å². The number of rotatable bonds is 7. The molecule has 0 radical (unpaired) electrons. The first-order chi connectivity index (χ1) is 19.4. The average Bonchev–Trinajstić information content (AvgIpc) is 3.00. The van der Waals surface area contributed by atoms with Crippen LogP contribution in [0.5, 0.6) is 5.75 Å². The summed E-state index contributed by atoms with van der Waals surface area (Å²) in [6.45, 7) is 3.98. The molecule has 2 aliphatic carbocycles. The van der Waals surface area contributed by atoms with Crippen molar-refractivity contribution in [2.75, 3.05) is 0 Å². The van der Waals surface area contributed by atoms with Gasteiger partial charge >= 0.3 is 0 Å². The summed E-state index contributed by atoms with van der Waals surface area (Å²) in [6, 6.07) is 12.4. The number of benzene rings is 3. The van der Waals surface area contributed by atoms with Gasteiger partial charge in [0.1, 0.15) is 0 Å². The third-order valence-corrected chi connectivity index (χ3v) is 8.90. The molecule has 0 amide bonds. The van der Waals surface area contributed by atoms with Gasteiger partial charge in [-0.1, -0.05) is 74.7 Å². The van der Waals surface area contributed by atoms with Crippen LogP contribution in [0, 0.1) is 41.0 Å². The quantitative estimate of drug-likeness (QED) is 0.211. The molecule has 5 rings (SSSR count). The van der Waals surface area contributed by atoms with E-state index in [4.69, 9.17) is 4.74 Å². The third kappa shape index (κ3) is 5.75. The molecule has 3 aromatic rings. The van der Waals surface area contributed by atoms with E-state index < -0.39 is 23.3 Å². The number of allylic oxidation sites excluding steroid dienone is 3. The molecule has 1 unspecified atom stereocenters. The van der Waals surface area contributed by atoms with E-state index in [1.807, 2.05) is 0 Å². The van der Waals surface area contributed by atoms with Gasteiger partial charge in [-0.15, -0.1) is 0 Å². The maximum Gasteiger partial charge on any atom is 0.201 e. The molecule has 40 heavy (non-hydrogen) atoms. The minimum Gasteiger partial charge on any atom is -0.462 e. The van der Waals surface area contributed by atoms with Gasteiger partial charge in [-0.05, 0) is 85.6 Å². The Kier molecular flexibility index (Phi) is 8.78. The highest BCUT2D eigenvalue weighted by atomic mass is 19.2. The van der Waals surface area contributed by atoms with Crippen LogP contribution < -0.4 is 4.74 Å². The largest absolute Gasteiger partial charge is 0.462 e. The molecule has 0 N–H and O–H groups in total. The predicted octanol–water partition coefficient (Wildman–Crippen LogP) is 10.9. The zero-order valence-electron chi connectivity index (χ0n) is 23.2. The van der Waals surface area contributed by atoms with Crippen LogP contribution in [0.1, 0.15) is 70.8 Å². The van der Waals surface area contributed by atoms with Crippen LogP contribution >= 0.6 is 0 Å². The van der Waals surface area contributed by atoms with Gasteiger partial charge in [-0.3, -0.25) is 0 Å². The Labute approximate surface area is 234 Å². The number of hydrogen-bond donors (Lipinski definition) is 0. The van der Waals surface area contributed by atoms with Crippen molar-refractivity contribution >= 4 is 5.57 Å². The van der Waals surface area contributed by atoms with E-state index in [9.17, 15) is 8.78 Å². The molecule has 1 atom stereocenters. The monoisotopic (exact) mass is 548 g/mol. The van der Waals surface area contributed by atoms with Crippen molar-refractivity contribution in [3.8, 4) is 28.0 Å². The Morgan fingerprint density at radius 1 is 0.700 bits per heavy atom. The summed E-state index contributed by atoms with van der Waals surface area (Å²) in [5.74, 6) is -1.80. The van der Waals surface area contributed by atoms with E-state index in [2.05, 4.69) is 13.0 Å². The van der Waals surface area contributed by atoms with Crippen molar-refractivity contribution in [1.82, 2.24) is 0 Å². The molecule has 0 saturated heterocycles. The smallest absolute Gasteiger partial charge is 0.201 e. The lowest BCUT2D eigenvalue weighted by atomic mass is 9.70. The van der Waals surface area contributed by atoms with Crippen molar-refractivity contribution in [3.63, 3.8) is 0 Å². The first-order valence-corrected chi connectivity index (χ1v) is 14.4. The average molecular weight is 549 g/mol. The van der Waals surface area contributed by atoms with E-state index in [1.54, 1.807) is 49.4 Å². The van der Waals surface area contributed by atoms with Crippen LogP contribution in [-0.2, 0) is 0 Å². The van der Waals surface area contributed by atoms with E-state index in [0.717, 1.165) is 36.7 Å². The molecule has 0 heterocycles. The molecule has 2 aliphatic rings. The van der Waals surface area contributed by atoms with Gasteiger partial charge in [0, 0.05) is 16.7 Å². The van der Waals surface area contributed by atoms with Crippen LogP contribution in [0.15, 0.2) is 66.9 Å². The summed E-state index contributed by atoms with van der Waals surface area (Å²) in [6.07, 6.45) is 14.2. The van der Waals surface area contributed by atoms with Gasteiger partial charge in [0.2, 0.25) is 5.82 Å². The van der Waals surface area contributed by atoms with Crippen LogP contribution in [0.2, 0.25) is 0 Å². The van der Waals surface area contributed by atoms with Gasteiger partial charge < -0.3 is 4.74 Å². The molecule has 0 aliphatic heterocycles. The minimum atomic E-state index is -1.09. The summed E-state index contributed by atoms with van der Waals surface area (Å²) >= 11 is 0. The normalized spacial score (nSPS) is 21.4. The fourth-order valence-electron chi connectivity index (χ4n) is 6.43. The molecule has 0 bridgehead atoms. The Morgan fingerprint density at radius 3 is 1.85 bits per heavy atom. The first kappa shape index (κ1) is 28.2. The summed E-state index contributed by atoms with van der Waals surface area (Å²) in [7, 11) is 0. The Hall–Kier alpha value is -3.34. The van der Waals surface area contributed by atoms with Gasteiger partial charge in [0.15, 0.2) is 23.2 Å². The zero-order valence-corrected chi connectivity index (χ0v) is 23.2. The Bertz CT molecular complexity index is 1400. The second-order valence-electron chi connectivity index (χ2n) is 11.1. The van der Waals surface area contributed by atoms with E-state index in [1.165, 1.54) is 50.5 Å². The zero-order chi connectivity index (χ0) is 28.2. The molecule has 3 aromatic carbocycles. The molecule has 1 saturated carbocycles. The van der Waals surface area contributed by atoms with Gasteiger partial charge in [-0.25, -0.2) is 13.2 Å². The van der Waals surface area contributed by atoms with Crippen molar-refractivity contribution in [1.29, 1.82) is 0 Å². The maximum absolute atomic E-state index is 15.3. The third-order valence-electron chi connectivity index (χ3n) is 8.90. The van der Waals surface area contributed by atoms with Crippen molar-refractivity contribution < 1.29 is 22.3 Å². The summed E-state index contributed by atoms with van der Waals surface area (Å²) in [5.41, 5.74) is 2.29. The second-order valence-corrected chi connectivity index (χ2v) is 11.1. The molecular weight excluding hydrogens is 512 g/mol. The van der Waals surface area contributed by atoms with Gasteiger partial charge in [0.25, 0.3) is 0 Å². The Morgan fingerprint density at radius 2 is 1.27 bits per heavy atom. The molecule has 1 fully saturated rings. The molecule has 0 spiro atoms. The number of hydrogen-bond acceptors (Lipinski definition) is 1.